The normalized spacial score (nSPS) is 28.3. The van der Waals surface area contributed by atoms with E-state index in [0.29, 0.717) is 6.04 Å². The number of benzene rings is 1. The summed E-state index contributed by atoms with van der Waals surface area (Å²) >= 11 is 0. The van der Waals surface area contributed by atoms with Crippen LogP contribution >= 0.6 is 0 Å². The molecule has 1 fully saturated rings. The van der Waals surface area contributed by atoms with E-state index in [-0.39, 0.29) is 6.04 Å². The Kier molecular flexibility index (Phi) is 4.08. The van der Waals surface area contributed by atoms with Gasteiger partial charge in [0.15, 0.2) is 0 Å². The number of hydrogen-bond donors (Lipinski definition) is 1. The van der Waals surface area contributed by atoms with E-state index in [1.165, 1.54) is 24.2 Å². The number of nitrogens with two attached hydrogens (primary N) is 1. The molecule has 1 aromatic carbocycles. The predicted molar refractivity (Wildman–Crippen MR) is 77.5 cm³/mol. The number of likely N-dealkylation sites (tertiary alicyclic amines) is 1. The van der Waals surface area contributed by atoms with Gasteiger partial charge in [-0.1, -0.05) is 43.7 Å². The van der Waals surface area contributed by atoms with Crippen molar-refractivity contribution in [1.82, 2.24) is 4.90 Å². The first kappa shape index (κ1) is 13.6. The van der Waals surface area contributed by atoms with Gasteiger partial charge in [0, 0.05) is 25.2 Å². The van der Waals surface area contributed by atoms with Gasteiger partial charge in [0.1, 0.15) is 0 Å². The van der Waals surface area contributed by atoms with Crippen LogP contribution in [0.4, 0.5) is 0 Å². The first-order chi connectivity index (χ1) is 8.49. The van der Waals surface area contributed by atoms with Gasteiger partial charge in [-0.2, -0.15) is 0 Å². The highest BCUT2D eigenvalue weighted by atomic mass is 15.2. The van der Waals surface area contributed by atoms with Crippen LogP contribution in [-0.4, -0.2) is 24.0 Å². The molecule has 1 aliphatic heterocycles. The topological polar surface area (TPSA) is 29.3 Å². The molecule has 4 atom stereocenters. The molecule has 1 saturated heterocycles. The first-order valence-electron chi connectivity index (χ1n) is 7.05. The van der Waals surface area contributed by atoms with Gasteiger partial charge in [-0.3, -0.25) is 4.90 Å². The summed E-state index contributed by atoms with van der Waals surface area (Å²) in [5, 5.41) is 0. The summed E-state index contributed by atoms with van der Waals surface area (Å²) in [6, 6.07) is 9.37. The Labute approximate surface area is 111 Å². The second-order valence-electron chi connectivity index (χ2n) is 6.12. The fourth-order valence-electron chi connectivity index (χ4n) is 3.01. The van der Waals surface area contributed by atoms with Crippen molar-refractivity contribution in [2.75, 3.05) is 13.1 Å². The van der Waals surface area contributed by atoms with Gasteiger partial charge in [0.2, 0.25) is 0 Å². The van der Waals surface area contributed by atoms with Crippen LogP contribution in [0.3, 0.4) is 0 Å². The molecule has 2 N–H and O–H groups in total. The highest BCUT2D eigenvalue weighted by molar-refractivity contribution is 5.25. The van der Waals surface area contributed by atoms with Crippen LogP contribution in [0.5, 0.6) is 0 Å². The lowest BCUT2D eigenvalue weighted by atomic mass is 9.98. The third kappa shape index (κ3) is 2.76. The second-order valence-corrected chi connectivity index (χ2v) is 6.12. The van der Waals surface area contributed by atoms with Gasteiger partial charge in [-0.15, -0.1) is 0 Å². The molecule has 2 nitrogen and oxygen atoms in total. The van der Waals surface area contributed by atoms with Gasteiger partial charge in [-0.25, -0.2) is 0 Å². The first-order valence-corrected chi connectivity index (χ1v) is 7.05. The van der Waals surface area contributed by atoms with Crippen LogP contribution in [-0.2, 0) is 0 Å². The SMILES string of the molecule is Cc1ccc(C(C(C)N)N2CC(C)C(C)C2)cc1. The van der Waals surface area contributed by atoms with Gasteiger partial charge in [0.05, 0.1) is 0 Å². The van der Waals surface area contributed by atoms with Gasteiger partial charge < -0.3 is 5.73 Å². The van der Waals surface area contributed by atoms with Crippen molar-refractivity contribution in [3.8, 4) is 0 Å². The summed E-state index contributed by atoms with van der Waals surface area (Å²) < 4.78 is 0. The average Bonchev–Trinajstić information content (AvgIpc) is 2.61. The highest BCUT2D eigenvalue weighted by Gasteiger charge is 2.33. The minimum atomic E-state index is 0.171. The third-order valence-electron chi connectivity index (χ3n) is 4.33. The van der Waals surface area contributed by atoms with Crippen LogP contribution in [0.2, 0.25) is 0 Å². The minimum Gasteiger partial charge on any atom is -0.326 e. The fourth-order valence-corrected chi connectivity index (χ4v) is 3.01. The van der Waals surface area contributed by atoms with E-state index in [0.717, 1.165) is 11.8 Å². The zero-order valence-electron chi connectivity index (χ0n) is 12.1. The number of rotatable bonds is 3. The molecule has 1 aliphatic rings. The van der Waals surface area contributed by atoms with Crippen molar-refractivity contribution < 1.29 is 0 Å². The maximum Gasteiger partial charge on any atom is 0.0496 e. The molecular formula is C16H26N2. The van der Waals surface area contributed by atoms with Crippen molar-refractivity contribution in [3.63, 3.8) is 0 Å². The molecule has 18 heavy (non-hydrogen) atoms. The summed E-state index contributed by atoms with van der Waals surface area (Å²) in [6.07, 6.45) is 0. The summed E-state index contributed by atoms with van der Waals surface area (Å²) in [7, 11) is 0. The third-order valence-corrected chi connectivity index (χ3v) is 4.33. The maximum atomic E-state index is 6.24. The molecular weight excluding hydrogens is 220 g/mol. The quantitative estimate of drug-likeness (QED) is 0.888. The molecule has 0 bridgehead atoms. The van der Waals surface area contributed by atoms with Crippen molar-refractivity contribution >= 4 is 0 Å². The van der Waals surface area contributed by atoms with E-state index < -0.39 is 0 Å². The maximum absolute atomic E-state index is 6.24. The summed E-state index contributed by atoms with van der Waals surface area (Å²) in [5.41, 5.74) is 8.90. The van der Waals surface area contributed by atoms with Crippen LogP contribution < -0.4 is 5.73 Å². The lowest BCUT2D eigenvalue weighted by Gasteiger charge is -2.31. The van der Waals surface area contributed by atoms with Crippen LogP contribution in [0.15, 0.2) is 24.3 Å². The molecule has 100 valence electrons. The smallest absolute Gasteiger partial charge is 0.0496 e. The number of nitrogens with zero attached hydrogens (tertiary/aromatic N) is 1. The van der Waals surface area contributed by atoms with Crippen molar-refractivity contribution in [2.45, 2.75) is 39.8 Å². The molecule has 0 aliphatic carbocycles. The Morgan fingerprint density at radius 1 is 1.11 bits per heavy atom. The molecule has 0 radical (unpaired) electrons. The Morgan fingerprint density at radius 3 is 2.06 bits per heavy atom. The van der Waals surface area contributed by atoms with Crippen molar-refractivity contribution in [1.29, 1.82) is 0 Å². The molecule has 1 heterocycles. The Balaban J connectivity index is 2.21. The Morgan fingerprint density at radius 2 is 1.61 bits per heavy atom. The number of aryl methyl sites for hydroxylation is 1. The monoisotopic (exact) mass is 246 g/mol. The van der Waals surface area contributed by atoms with Crippen LogP contribution in [0.25, 0.3) is 0 Å². The van der Waals surface area contributed by atoms with Gasteiger partial charge in [0.25, 0.3) is 0 Å². The van der Waals surface area contributed by atoms with Crippen LogP contribution in [0.1, 0.15) is 37.9 Å². The lowest BCUT2D eigenvalue weighted by Crippen LogP contribution is -2.38. The molecule has 4 unspecified atom stereocenters. The standard InChI is InChI=1S/C16H26N2/c1-11-5-7-15(8-6-11)16(14(4)17)18-9-12(2)13(3)10-18/h5-8,12-14,16H,9-10,17H2,1-4H3. The number of hydrogen-bond acceptors (Lipinski definition) is 2. The highest BCUT2D eigenvalue weighted by Crippen LogP contribution is 2.32. The van der Waals surface area contributed by atoms with E-state index in [1.807, 2.05) is 0 Å². The zero-order chi connectivity index (χ0) is 13.3. The average molecular weight is 246 g/mol. The summed E-state index contributed by atoms with van der Waals surface area (Å²) in [5.74, 6) is 1.55. The Hall–Kier alpha value is -0.860. The summed E-state index contributed by atoms with van der Waals surface area (Å²) in [6.45, 7) is 11.3. The molecule has 0 aromatic heterocycles. The van der Waals surface area contributed by atoms with Crippen molar-refractivity contribution in [3.05, 3.63) is 35.4 Å². The van der Waals surface area contributed by atoms with Crippen molar-refractivity contribution in [2.24, 2.45) is 17.6 Å². The predicted octanol–water partition coefficient (Wildman–Crippen LogP) is 2.97. The van der Waals surface area contributed by atoms with E-state index in [9.17, 15) is 0 Å². The van der Waals surface area contributed by atoms with E-state index in [1.54, 1.807) is 0 Å². The zero-order valence-corrected chi connectivity index (χ0v) is 12.1. The molecule has 2 rings (SSSR count). The molecule has 0 saturated carbocycles. The summed E-state index contributed by atoms with van der Waals surface area (Å²) in [4.78, 5) is 2.56. The van der Waals surface area contributed by atoms with E-state index in [4.69, 9.17) is 5.73 Å². The van der Waals surface area contributed by atoms with Gasteiger partial charge >= 0.3 is 0 Å². The molecule has 2 heteroatoms. The fraction of sp³-hybridized carbons (Fsp3) is 0.625. The minimum absolute atomic E-state index is 0.171. The van der Waals surface area contributed by atoms with Gasteiger partial charge in [-0.05, 0) is 31.2 Å². The van der Waals surface area contributed by atoms with Crippen LogP contribution in [0, 0.1) is 18.8 Å². The largest absolute Gasteiger partial charge is 0.326 e. The molecule has 0 spiro atoms. The van der Waals surface area contributed by atoms with E-state index >= 15 is 0 Å². The molecule has 1 aromatic rings. The van der Waals surface area contributed by atoms with E-state index in [2.05, 4.69) is 56.9 Å². The Bertz CT molecular complexity index is 373. The molecule has 0 amide bonds. The second kappa shape index (κ2) is 5.41. The lowest BCUT2D eigenvalue weighted by molar-refractivity contribution is 0.209.